The van der Waals surface area contributed by atoms with Crippen LogP contribution in [-0.2, 0) is 0 Å². The summed E-state index contributed by atoms with van der Waals surface area (Å²) in [5, 5.41) is 0. The number of amides is 1. The number of halogens is 1. The van der Waals surface area contributed by atoms with Gasteiger partial charge in [0, 0.05) is 17.8 Å². The number of hydrogen-bond donors (Lipinski definition) is 1. The van der Waals surface area contributed by atoms with Crippen molar-refractivity contribution in [3.63, 3.8) is 0 Å². The molecule has 0 radical (unpaired) electrons. The van der Waals surface area contributed by atoms with Crippen LogP contribution in [0.15, 0.2) is 42.6 Å². The number of nitrogens with two attached hydrogens (primary N) is 1. The first-order chi connectivity index (χ1) is 8.15. The minimum atomic E-state index is -0.615. The average molecular weight is 232 g/mol. The maximum Gasteiger partial charge on any atom is 0.248 e. The maximum atomic E-state index is 12.8. The van der Waals surface area contributed by atoms with Crippen LogP contribution in [0, 0.1) is 5.95 Å². The molecule has 0 spiro atoms. The summed E-state index contributed by atoms with van der Waals surface area (Å²) in [5.74, 6) is -0.298. The van der Waals surface area contributed by atoms with Crippen LogP contribution in [-0.4, -0.2) is 10.9 Å². The quantitative estimate of drug-likeness (QED) is 0.824. The van der Waals surface area contributed by atoms with Gasteiger partial charge >= 0.3 is 0 Å². The number of ether oxygens (including phenoxy) is 1. The zero-order valence-electron chi connectivity index (χ0n) is 8.76. The summed E-state index contributed by atoms with van der Waals surface area (Å²) >= 11 is 0. The normalized spacial score (nSPS) is 9.94. The largest absolute Gasteiger partial charge is 0.457 e. The van der Waals surface area contributed by atoms with Crippen LogP contribution in [0.5, 0.6) is 11.5 Å². The van der Waals surface area contributed by atoms with Crippen molar-refractivity contribution < 1.29 is 13.9 Å². The van der Waals surface area contributed by atoms with Crippen molar-refractivity contribution in [1.29, 1.82) is 0 Å². The molecular formula is C12H9FN2O2. The molecular weight excluding hydrogens is 223 g/mol. The Balaban J connectivity index is 2.16. The van der Waals surface area contributed by atoms with E-state index in [0.717, 1.165) is 0 Å². The standard InChI is InChI=1S/C12H9FN2O2/c13-11-7-10(5-6-15-11)17-9-3-1-8(2-4-9)12(14)16/h1-7H,(H2,14,16). The summed E-state index contributed by atoms with van der Waals surface area (Å²) in [6.45, 7) is 0. The van der Waals surface area contributed by atoms with Crippen molar-refractivity contribution in [2.75, 3.05) is 0 Å². The Morgan fingerprint density at radius 1 is 1.18 bits per heavy atom. The molecule has 1 amide bonds. The van der Waals surface area contributed by atoms with Crippen molar-refractivity contribution in [2.45, 2.75) is 0 Å². The minimum absolute atomic E-state index is 0.337. The molecule has 86 valence electrons. The van der Waals surface area contributed by atoms with E-state index in [-0.39, 0.29) is 0 Å². The molecule has 0 aliphatic carbocycles. The summed E-state index contributed by atoms with van der Waals surface area (Å²) in [7, 11) is 0. The first-order valence-electron chi connectivity index (χ1n) is 4.84. The molecule has 0 saturated heterocycles. The Labute approximate surface area is 96.9 Å². The molecule has 5 heteroatoms. The second kappa shape index (κ2) is 4.61. The summed E-state index contributed by atoms with van der Waals surface area (Å²) in [6, 6.07) is 8.94. The van der Waals surface area contributed by atoms with E-state index in [1.807, 2.05) is 0 Å². The predicted octanol–water partition coefficient (Wildman–Crippen LogP) is 2.11. The van der Waals surface area contributed by atoms with E-state index in [0.29, 0.717) is 17.1 Å². The number of carbonyl (C=O) groups is 1. The molecule has 0 saturated carbocycles. The summed E-state index contributed by atoms with van der Waals surface area (Å²) in [4.78, 5) is 14.2. The van der Waals surface area contributed by atoms with E-state index >= 15 is 0 Å². The van der Waals surface area contributed by atoms with Gasteiger partial charge in [0.1, 0.15) is 11.5 Å². The summed E-state index contributed by atoms with van der Waals surface area (Å²) in [5.41, 5.74) is 5.49. The third kappa shape index (κ3) is 2.78. The fourth-order valence-electron chi connectivity index (χ4n) is 1.27. The topological polar surface area (TPSA) is 65.2 Å². The molecule has 2 rings (SSSR count). The van der Waals surface area contributed by atoms with Crippen molar-refractivity contribution in [1.82, 2.24) is 4.98 Å². The zero-order valence-corrected chi connectivity index (χ0v) is 8.76. The number of benzene rings is 1. The second-order valence-corrected chi connectivity index (χ2v) is 3.30. The van der Waals surface area contributed by atoms with Gasteiger partial charge < -0.3 is 10.5 Å². The lowest BCUT2D eigenvalue weighted by Crippen LogP contribution is -2.10. The molecule has 2 aromatic rings. The highest BCUT2D eigenvalue weighted by Crippen LogP contribution is 2.21. The Morgan fingerprint density at radius 2 is 1.88 bits per heavy atom. The van der Waals surface area contributed by atoms with Crippen LogP contribution in [0.4, 0.5) is 4.39 Å². The van der Waals surface area contributed by atoms with Gasteiger partial charge in [-0.3, -0.25) is 4.79 Å². The molecule has 1 aromatic heterocycles. The third-order valence-electron chi connectivity index (χ3n) is 2.07. The van der Waals surface area contributed by atoms with Gasteiger partial charge in [0.05, 0.1) is 0 Å². The highest BCUT2D eigenvalue weighted by molar-refractivity contribution is 5.92. The minimum Gasteiger partial charge on any atom is -0.457 e. The Hall–Kier alpha value is -2.43. The van der Waals surface area contributed by atoms with Gasteiger partial charge in [-0.05, 0) is 30.3 Å². The predicted molar refractivity (Wildman–Crippen MR) is 59.2 cm³/mol. The molecule has 0 atom stereocenters. The van der Waals surface area contributed by atoms with Crippen molar-refractivity contribution in [3.05, 3.63) is 54.1 Å². The number of hydrogen-bond acceptors (Lipinski definition) is 3. The number of carbonyl (C=O) groups excluding carboxylic acids is 1. The molecule has 1 heterocycles. The van der Waals surface area contributed by atoms with E-state index in [1.54, 1.807) is 12.1 Å². The Kier molecular flexibility index (Phi) is 3.00. The van der Waals surface area contributed by atoms with E-state index in [2.05, 4.69) is 4.98 Å². The first-order valence-corrected chi connectivity index (χ1v) is 4.84. The fraction of sp³-hybridized carbons (Fsp3) is 0. The van der Waals surface area contributed by atoms with Crippen LogP contribution in [0.25, 0.3) is 0 Å². The molecule has 4 nitrogen and oxygen atoms in total. The van der Waals surface area contributed by atoms with E-state index < -0.39 is 11.9 Å². The molecule has 0 aliphatic heterocycles. The monoisotopic (exact) mass is 232 g/mol. The lowest BCUT2D eigenvalue weighted by Gasteiger charge is -2.05. The van der Waals surface area contributed by atoms with Crippen LogP contribution in [0.3, 0.4) is 0 Å². The van der Waals surface area contributed by atoms with E-state index in [9.17, 15) is 9.18 Å². The number of aromatic nitrogens is 1. The molecule has 2 N–H and O–H groups in total. The van der Waals surface area contributed by atoms with Gasteiger partial charge in [-0.15, -0.1) is 0 Å². The molecule has 0 unspecified atom stereocenters. The van der Waals surface area contributed by atoms with Gasteiger partial charge in [-0.1, -0.05) is 0 Å². The van der Waals surface area contributed by atoms with Gasteiger partial charge in [0.2, 0.25) is 11.9 Å². The highest BCUT2D eigenvalue weighted by Gasteiger charge is 2.02. The number of nitrogens with zero attached hydrogens (tertiary/aromatic N) is 1. The van der Waals surface area contributed by atoms with E-state index in [1.165, 1.54) is 30.5 Å². The lowest BCUT2D eigenvalue weighted by atomic mass is 10.2. The van der Waals surface area contributed by atoms with Crippen molar-refractivity contribution in [2.24, 2.45) is 5.73 Å². The van der Waals surface area contributed by atoms with Gasteiger partial charge in [0.25, 0.3) is 0 Å². The Morgan fingerprint density at radius 3 is 2.47 bits per heavy atom. The molecule has 17 heavy (non-hydrogen) atoms. The average Bonchev–Trinajstić information content (AvgIpc) is 2.29. The van der Waals surface area contributed by atoms with Crippen LogP contribution >= 0.6 is 0 Å². The highest BCUT2D eigenvalue weighted by atomic mass is 19.1. The summed E-state index contributed by atoms with van der Waals surface area (Å²) < 4.78 is 18.1. The molecule has 1 aromatic carbocycles. The molecule has 0 bridgehead atoms. The Bertz CT molecular complexity index is 540. The van der Waals surface area contributed by atoms with Gasteiger partial charge in [-0.2, -0.15) is 4.39 Å². The van der Waals surface area contributed by atoms with E-state index in [4.69, 9.17) is 10.5 Å². The van der Waals surface area contributed by atoms with Crippen molar-refractivity contribution >= 4 is 5.91 Å². The van der Waals surface area contributed by atoms with Crippen LogP contribution in [0.1, 0.15) is 10.4 Å². The zero-order chi connectivity index (χ0) is 12.3. The van der Waals surface area contributed by atoms with Crippen LogP contribution < -0.4 is 10.5 Å². The first kappa shape index (κ1) is 11.1. The summed E-state index contributed by atoms with van der Waals surface area (Å²) in [6.07, 6.45) is 1.31. The van der Waals surface area contributed by atoms with Crippen molar-refractivity contribution in [3.8, 4) is 11.5 Å². The smallest absolute Gasteiger partial charge is 0.248 e. The number of pyridine rings is 1. The molecule has 0 aliphatic rings. The van der Waals surface area contributed by atoms with Gasteiger partial charge in [-0.25, -0.2) is 4.98 Å². The fourth-order valence-corrected chi connectivity index (χ4v) is 1.27. The van der Waals surface area contributed by atoms with Crippen LogP contribution in [0.2, 0.25) is 0 Å². The maximum absolute atomic E-state index is 12.8. The SMILES string of the molecule is NC(=O)c1ccc(Oc2ccnc(F)c2)cc1. The van der Waals surface area contributed by atoms with Gasteiger partial charge in [0.15, 0.2) is 0 Å². The number of rotatable bonds is 3. The lowest BCUT2D eigenvalue weighted by molar-refractivity contribution is 0.100. The molecule has 0 fully saturated rings. The second-order valence-electron chi connectivity index (χ2n) is 3.30. The number of primary amides is 1. The third-order valence-corrected chi connectivity index (χ3v) is 2.07.